The zero-order chi connectivity index (χ0) is 19.9. The number of nitrogens with one attached hydrogen (secondary N) is 1. The van der Waals surface area contributed by atoms with Crippen molar-refractivity contribution >= 4 is 22.6 Å². The van der Waals surface area contributed by atoms with Gasteiger partial charge in [-0.1, -0.05) is 0 Å². The Labute approximate surface area is 153 Å². The first-order valence-corrected chi connectivity index (χ1v) is 8.01. The zero-order valence-corrected chi connectivity index (χ0v) is 15.3. The van der Waals surface area contributed by atoms with E-state index >= 15 is 0 Å². The second-order valence-electron chi connectivity index (χ2n) is 6.04. The molecule has 0 aliphatic carbocycles. The molecule has 2 heterocycles. The van der Waals surface area contributed by atoms with E-state index in [9.17, 15) is 19.2 Å². The van der Waals surface area contributed by atoms with Gasteiger partial charge in [-0.05, 0) is 24.3 Å². The molecule has 1 aromatic carbocycles. The van der Waals surface area contributed by atoms with Crippen LogP contribution in [-0.4, -0.2) is 26.7 Å². The molecular weight excluding hydrogens is 352 g/mol. The van der Waals surface area contributed by atoms with Crippen molar-refractivity contribution in [2.75, 3.05) is 12.4 Å². The summed E-state index contributed by atoms with van der Waals surface area (Å²) in [6.07, 6.45) is 0. The number of anilines is 1. The Kier molecular flexibility index (Phi) is 4.44. The first kappa shape index (κ1) is 18.2. The van der Waals surface area contributed by atoms with Crippen LogP contribution in [0.5, 0.6) is 5.75 Å². The number of aryl methyl sites for hydroxylation is 2. The summed E-state index contributed by atoms with van der Waals surface area (Å²) >= 11 is 0. The van der Waals surface area contributed by atoms with E-state index in [1.54, 1.807) is 24.3 Å². The highest BCUT2D eigenvalue weighted by atomic mass is 16.5. The van der Waals surface area contributed by atoms with Crippen molar-refractivity contribution in [2.45, 2.75) is 0 Å². The summed E-state index contributed by atoms with van der Waals surface area (Å²) in [6.45, 7) is 0. The van der Waals surface area contributed by atoms with Crippen LogP contribution in [0.15, 0.2) is 44.7 Å². The van der Waals surface area contributed by atoms with E-state index < -0.39 is 22.7 Å². The van der Waals surface area contributed by atoms with Crippen molar-refractivity contribution in [1.82, 2.24) is 13.7 Å². The number of nitrogens with zero attached hydrogens (tertiary/aromatic N) is 3. The van der Waals surface area contributed by atoms with Crippen LogP contribution in [0, 0.1) is 0 Å². The van der Waals surface area contributed by atoms with Gasteiger partial charge in [-0.25, -0.2) is 4.79 Å². The van der Waals surface area contributed by atoms with Crippen LogP contribution in [0.4, 0.5) is 5.69 Å². The fourth-order valence-corrected chi connectivity index (χ4v) is 2.91. The van der Waals surface area contributed by atoms with Crippen LogP contribution in [0.3, 0.4) is 0 Å². The number of benzene rings is 1. The number of carbonyl (C=O) groups is 1. The maximum atomic E-state index is 12.8. The largest absolute Gasteiger partial charge is 0.497 e. The minimum Gasteiger partial charge on any atom is -0.497 e. The number of hydrogen-bond donors (Lipinski definition) is 1. The van der Waals surface area contributed by atoms with Crippen molar-refractivity contribution in [1.29, 1.82) is 0 Å². The van der Waals surface area contributed by atoms with E-state index in [0.717, 1.165) is 10.6 Å². The molecule has 0 unspecified atom stereocenters. The highest BCUT2D eigenvalue weighted by molar-refractivity contribution is 6.11. The van der Waals surface area contributed by atoms with Crippen LogP contribution in [0.1, 0.15) is 10.4 Å². The second-order valence-corrected chi connectivity index (χ2v) is 6.04. The molecule has 0 saturated heterocycles. The Morgan fingerprint density at radius 3 is 2.19 bits per heavy atom. The van der Waals surface area contributed by atoms with E-state index in [4.69, 9.17) is 4.74 Å². The average molecular weight is 370 g/mol. The lowest BCUT2D eigenvalue weighted by atomic mass is 10.1. The molecule has 0 bridgehead atoms. The van der Waals surface area contributed by atoms with Gasteiger partial charge in [0.15, 0.2) is 0 Å². The molecule has 0 aliphatic heterocycles. The number of fused-ring (bicyclic) bond motifs is 1. The first-order valence-electron chi connectivity index (χ1n) is 8.01. The smallest absolute Gasteiger partial charge is 0.332 e. The van der Waals surface area contributed by atoms with Crippen molar-refractivity contribution in [3.63, 3.8) is 0 Å². The summed E-state index contributed by atoms with van der Waals surface area (Å²) in [5, 5.41) is 2.64. The van der Waals surface area contributed by atoms with Crippen molar-refractivity contribution < 1.29 is 9.53 Å². The summed E-state index contributed by atoms with van der Waals surface area (Å²) in [6, 6.07) is 7.69. The number of hydrogen-bond acceptors (Lipinski definition) is 5. The van der Waals surface area contributed by atoms with E-state index in [0.29, 0.717) is 11.4 Å². The third kappa shape index (κ3) is 2.92. The lowest BCUT2D eigenvalue weighted by Gasteiger charge is -2.14. The standard InChI is InChI=1S/C18H18N4O5/c1-20-13(23)9-12(14-16(20)21(2)18(26)22(3)17(14)25)15(24)19-10-5-7-11(27-4)8-6-10/h5-9H,1-4H3,(H,19,24). The minimum atomic E-state index is -0.649. The van der Waals surface area contributed by atoms with Crippen molar-refractivity contribution in [3.8, 4) is 5.75 Å². The highest BCUT2D eigenvalue weighted by Gasteiger charge is 2.20. The maximum Gasteiger partial charge on any atom is 0.332 e. The van der Waals surface area contributed by atoms with E-state index in [1.165, 1.54) is 37.4 Å². The molecular formula is C18H18N4O5. The third-order valence-corrected chi connectivity index (χ3v) is 4.41. The molecule has 3 rings (SSSR count). The van der Waals surface area contributed by atoms with Crippen LogP contribution in [0.25, 0.3) is 11.0 Å². The Morgan fingerprint density at radius 1 is 0.963 bits per heavy atom. The van der Waals surface area contributed by atoms with Gasteiger partial charge in [0.1, 0.15) is 11.4 Å². The molecule has 0 fully saturated rings. The fraction of sp³-hybridized carbons (Fsp3) is 0.222. The number of rotatable bonds is 3. The Balaban J connectivity index is 2.23. The number of carbonyl (C=O) groups excluding carboxylic acids is 1. The van der Waals surface area contributed by atoms with E-state index in [1.807, 2.05) is 0 Å². The Morgan fingerprint density at radius 2 is 1.59 bits per heavy atom. The maximum absolute atomic E-state index is 12.8. The van der Waals surface area contributed by atoms with Gasteiger partial charge in [0.2, 0.25) is 0 Å². The van der Waals surface area contributed by atoms with Gasteiger partial charge < -0.3 is 10.1 Å². The highest BCUT2D eigenvalue weighted by Crippen LogP contribution is 2.17. The molecule has 0 saturated carbocycles. The van der Waals surface area contributed by atoms with Gasteiger partial charge in [-0.3, -0.25) is 28.1 Å². The van der Waals surface area contributed by atoms with Crippen molar-refractivity contribution in [2.24, 2.45) is 21.1 Å². The van der Waals surface area contributed by atoms with Gasteiger partial charge in [0.05, 0.1) is 18.1 Å². The summed E-state index contributed by atoms with van der Waals surface area (Å²) in [5.41, 5.74) is -1.30. The van der Waals surface area contributed by atoms with Crippen LogP contribution in [0.2, 0.25) is 0 Å². The second kappa shape index (κ2) is 6.60. The SMILES string of the molecule is COc1ccc(NC(=O)c2cc(=O)n(C)c3c2c(=O)n(C)c(=O)n3C)cc1. The minimum absolute atomic E-state index is 0.00675. The molecule has 9 nitrogen and oxygen atoms in total. The molecule has 0 spiro atoms. The molecule has 0 atom stereocenters. The van der Waals surface area contributed by atoms with Crippen LogP contribution < -0.4 is 26.9 Å². The molecule has 2 aromatic heterocycles. The van der Waals surface area contributed by atoms with Crippen molar-refractivity contribution in [3.05, 3.63) is 67.1 Å². The number of ether oxygens (including phenoxy) is 1. The predicted octanol–water partition coefficient (Wildman–Crippen LogP) is 0.197. The van der Waals surface area contributed by atoms with Gasteiger partial charge >= 0.3 is 5.69 Å². The third-order valence-electron chi connectivity index (χ3n) is 4.41. The summed E-state index contributed by atoms with van der Waals surface area (Å²) in [5.74, 6) is -0.00508. The number of methoxy groups -OCH3 is 1. The topological polar surface area (TPSA) is 104 Å². The molecule has 140 valence electrons. The molecule has 3 aromatic rings. The van der Waals surface area contributed by atoms with Crippen LogP contribution in [-0.2, 0) is 21.1 Å². The van der Waals surface area contributed by atoms with E-state index in [2.05, 4.69) is 5.32 Å². The quantitative estimate of drug-likeness (QED) is 0.709. The first-order chi connectivity index (χ1) is 12.8. The predicted molar refractivity (Wildman–Crippen MR) is 101 cm³/mol. The van der Waals surface area contributed by atoms with Gasteiger partial charge in [-0.15, -0.1) is 0 Å². The average Bonchev–Trinajstić information content (AvgIpc) is 2.66. The summed E-state index contributed by atoms with van der Waals surface area (Å²) < 4.78 is 8.30. The normalized spacial score (nSPS) is 10.8. The Hall–Kier alpha value is -3.62. The molecule has 0 radical (unpaired) electrons. The number of amides is 1. The lowest BCUT2D eigenvalue weighted by Crippen LogP contribution is -2.40. The number of aromatic nitrogens is 3. The monoisotopic (exact) mass is 370 g/mol. The summed E-state index contributed by atoms with van der Waals surface area (Å²) in [7, 11) is 5.73. The molecule has 9 heteroatoms. The van der Waals surface area contributed by atoms with Crippen LogP contribution >= 0.6 is 0 Å². The molecule has 1 N–H and O–H groups in total. The summed E-state index contributed by atoms with van der Waals surface area (Å²) in [4.78, 5) is 49.9. The van der Waals surface area contributed by atoms with Gasteiger partial charge in [0.25, 0.3) is 17.0 Å². The number of pyridine rings is 1. The van der Waals surface area contributed by atoms with Gasteiger partial charge in [-0.2, -0.15) is 0 Å². The molecule has 0 aliphatic rings. The lowest BCUT2D eigenvalue weighted by molar-refractivity contribution is 0.102. The fourth-order valence-electron chi connectivity index (χ4n) is 2.91. The molecule has 27 heavy (non-hydrogen) atoms. The zero-order valence-electron chi connectivity index (χ0n) is 15.3. The Bertz CT molecular complexity index is 1230. The van der Waals surface area contributed by atoms with Gasteiger partial charge in [0, 0.05) is 32.9 Å². The molecule has 1 amide bonds. The van der Waals surface area contributed by atoms with E-state index in [-0.39, 0.29) is 16.6 Å².